The topological polar surface area (TPSA) is 112 Å². The van der Waals surface area contributed by atoms with Crippen molar-refractivity contribution in [2.75, 3.05) is 0 Å². The number of nitrogens with one attached hydrogen (secondary N) is 2. The fourth-order valence-electron chi connectivity index (χ4n) is 2.22. The number of nitrogens with zero attached hydrogens (tertiary/aromatic N) is 1. The fourth-order valence-corrected chi connectivity index (χ4v) is 2.22. The minimum atomic E-state index is -1.02. The number of hydrogen-bond donors (Lipinski definition) is 3. The second kappa shape index (κ2) is 5.31. The lowest BCUT2D eigenvalue weighted by atomic mass is 10.00. The van der Waals surface area contributed by atoms with Gasteiger partial charge in [0.1, 0.15) is 11.4 Å². The van der Waals surface area contributed by atoms with E-state index in [1.807, 2.05) is 0 Å². The highest BCUT2D eigenvalue weighted by atomic mass is 16.4. The molecule has 1 aliphatic rings. The summed E-state index contributed by atoms with van der Waals surface area (Å²) in [4.78, 5) is 42.0. The van der Waals surface area contributed by atoms with Gasteiger partial charge in [0, 0.05) is 11.5 Å². The number of carboxylic acid groups (broad SMARTS) is 1. The zero-order valence-electron chi connectivity index (χ0n) is 12.3. The molecule has 1 amide bonds. The van der Waals surface area contributed by atoms with Crippen LogP contribution in [0.5, 0.6) is 0 Å². The van der Waals surface area contributed by atoms with Crippen LogP contribution in [0.15, 0.2) is 4.79 Å². The Morgan fingerprint density at radius 2 is 2.05 bits per heavy atom. The van der Waals surface area contributed by atoms with Crippen LogP contribution in [-0.2, 0) is 4.79 Å². The molecule has 3 N–H and O–H groups in total. The first kappa shape index (κ1) is 15.2. The summed E-state index contributed by atoms with van der Waals surface area (Å²) in [5.41, 5.74) is -1.12. The molecule has 1 heterocycles. The monoisotopic (exact) mass is 293 g/mol. The maximum Gasteiger partial charge on any atom is 0.305 e. The first-order chi connectivity index (χ1) is 9.69. The summed E-state index contributed by atoms with van der Waals surface area (Å²) in [6, 6.07) is 0. The molecular weight excluding hydrogens is 274 g/mol. The summed E-state index contributed by atoms with van der Waals surface area (Å²) >= 11 is 0. The molecule has 0 unspecified atom stereocenters. The normalized spacial score (nSPS) is 14.8. The lowest BCUT2D eigenvalue weighted by Gasteiger charge is -2.24. The van der Waals surface area contributed by atoms with Crippen molar-refractivity contribution in [3.8, 4) is 0 Å². The van der Waals surface area contributed by atoms with Crippen molar-refractivity contribution in [1.82, 2.24) is 15.3 Å². The van der Waals surface area contributed by atoms with Gasteiger partial charge in [-0.2, -0.15) is 0 Å². The van der Waals surface area contributed by atoms with Crippen LogP contribution in [0.2, 0.25) is 0 Å². The lowest BCUT2D eigenvalue weighted by molar-refractivity contribution is -0.138. The van der Waals surface area contributed by atoms with E-state index < -0.39 is 23.0 Å². The van der Waals surface area contributed by atoms with Crippen molar-refractivity contribution in [3.63, 3.8) is 0 Å². The minimum absolute atomic E-state index is 0.0575. The molecule has 0 aliphatic heterocycles. The van der Waals surface area contributed by atoms with Crippen molar-refractivity contribution < 1.29 is 14.7 Å². The van der Waals surface area contributed by atoms with Crippen LogP contribution in [-0.4, -0.2) is 32.5 Å². The predicted molar refractivity (Wildman–Crippen MR) is 75.4 cm³/mol. The summed E-state index contributed by atoms with van der Waals surface area (Å²) < 4.78 is 0. The van der Waals surface area contributed by atoms with Gasteiger partial charge < -0.3 is 15.4 Å². The van der Waals surface area contributed by atoms with Crippen LogP contribution >= 0.6 is 0 Å². The molecule has 0 atom stereocenters. The van der Waals surface area contributed by atoms with Crippen molar-refractivity contribution in [3.05, 3.63) is 27.4 Å². The molecule has 1 saturated carbocycles. The van der Waals surface area contributed by atoms with Gasteiger partial charge in [0.25, 0.3) is 11.5 Å². The smallest absolute Gasteiger partial charge is 0.305 e. The second-order valence-electron chi connectivity index (χ2n) is 6.09. The minimum Gasteiger partial charge on any atom is -0.481 e. The Balaban J connectivity index is 2.23. The molecule has 2 rings (SSSR count). The molecule has 0 aromatic carbocycles. The third-order valence-corrected chi connectivity index (χ3v) is 3.35. The van der Waals surface area contributed by atoms with Gasteiger partial charge in [-0.1, -0.05) is 0 Å². The van der Waals surface area contributed by atoms with E-state index in [4.69, 9.17) is 5.11 Å². The summed E-state index contributed by atoms with van der Waals surface area (Å²) in [5, 5.41) is 11.4. The molecule has 21 heavy (non-hydrogen) atoms. The molecular formula is C14H19N3O4. The summed E-state index contributed by atoms with van der Waals surface area (Å²) in [6.07, 6.45) is 1.77. The number of aromatic nitrogens is 2. The highest BCUT2D eigenvalue weighted by molar-refractivity contribution is 5.95. The van der Waals surface area contributed by atoms with E-state index in [-0.39, 0.29) is 17.9 Å². The van der Waals surface area contributed by atoms with Gasteiger partial charge in [0.05, 0.1) is 12.1 Å². The van der Waals surface area contributed by atoms with Crippen molar-refractivity contribution in [2.24, 2.45) is 0 Å². The maximum absolute atomic E-state index is 12.2. The number of carbonyl (C=O) groups is 2. The number of carboxylic acids is 1. The Kier molecular flexibility index (Phi) is 3.85. The third kappa shape index (κ3) is 3.68. The molecule has 0 saturated heterocycles. The van der Waals surface area contributed by atoms with E-state index in [0.717, 1.165) is 12.8 Å². The average Bonchev–Trinajstić information content (AvgIpc) is 3.07. The molecule has 0 radical (unpaired) electrons. The Labute approximate surface area is 121 Å². The Bertz CT molecular complexity index is 644. The second-order valence-corrected chi connectivity index (χ2v) is 6.09. The summed E-state index contributed by atoms with van der Waals surface area (Å²) in [6.45, 7) is 4.79. The van der Waals surface area contributed by atoms with Gasteiger partial charge in [-0.05, 0) is 33.6 Å². The van der Waals surface area contributed by atoms with Gasteiger partial charge in [-0.15, -0.1) is 0 Å². The van der Waals surface area contributed by atoms with Gasteiger partial charge in [0.2, 0.25) is 0 Å². The molecule has 1 aromatic heterocycles. The highest BCUT2D eigenvalue weighted by Gasteiger charge is 2.30. The van der Waals surface area contributed by atoms with E-state index in [1.165, 1.54) is 0 Å². The van der Waals surface area contributed by atoms with Crippen LogP contribution < -0.4 is 10.9 Å². The number of H-pyrrole nitrogens is 1. The number of rotatable bonds is 5. The summed E-state index contributed by atoms with van der Waals surface area (Å²) in [5.74, 6) is -0.709. The Hall–Kier alpha value is -2.18. The molecule has 1 aliphatic carbocycles. The first-order valence-corrected chi connectivity index (χ1v) is 6.85. The molecule has 114 valence electrons. The largest absolute Gasteiger partial charge is 0.481 e. The molecule has 1 aromatic rings. The highest BCUT2D eigenvalue weighted by Crippen LogP contribution is 2.37. The molecule has 1 fully saturated rings. The first-order valence-electron chi connectivity index (χ1n) is 6.85. The van der Waals surface area contributed by atoms with E-state index in [9.17, 15) is 14.4 Å². The number of aryl methyl sites for hydroxylation is 1. The standard InChI is InChI=1S/C14H19N3O4/c1-7-10(12(20)16-11(15-7)8-4-5-8)13(21)17-14(2,3)6-9(18)19/h8H,4-6H2,1-3H3,(H,17,21)(H,18,19)(H,15,16,20). The van der Waals surface area contributed by atoms with Crippen LogP contribution in [0.3, 0.4) is 0 Å². The van der Waals surface area contributed by atoms with E-state index in [1.54, 1.807) is 20.8 Å². The SMILES string of the molecule is Cc1nc(C2CC2)[nH]c(=O)c1C(=O)NC(C)(C)CC(=O)O. The van der Waals surface area contributed by atoms with Crippen LogP contribution in [0.25, 0.3) is 0 Å². The third-order valence-electron chi connectivity index (χ3n) is 3.35. The van der Waals surface area contributed by atoms with Crippen LogP contribution in [0.4, 0.5) is 0 Å². The van der Waals surface area contributed by atoms with Gasteiger partial charge >= 0.3 is 5.97 Å². The number of aliphatic carboxylic acids is 1. The Morgan fingerprint density at radius 3 is 2.52 bits per heavy atom. The van der Waals surface area contributed by atoms with Crippen molar-refractivity contribution >= 4 is 11.9 Å². The Morgan fingerprint density at radius 1 is 1.43 bits per heavy atom. The summed E-state index contributed by atoms with van der Waals surface area (Å²) in [7, 11) is 0. The van der Waals surface area contributed by atoms with Gasteiger partial charge in [-0.25, -0.2) is 4.98 Å². The van der Waals surface area contributed by atoms with Crippen LogP contribution in [0.1, 0.15) is 60.9 Å². The van der Waals surface area contributed by atoms with Crippen molar-refractivity contribution in [2.45, 2.75) is 51.5 Å². The van der Waals surface area contributed by atoms with Gasteiger partial charge in [0.15, 0.2) is 0 Å². The molecule has 7 heteroatoms. The zero-order chi connectivity index (χ0) is 15.8. The fraction of sp³-hybridized carbons (Fsp3) is 0.571. The number of amides is 1. The average molecular weight is 293 g/mol. The predicted octanol–water partition coefficient (Wildman–Crippen LogP) is 0.939. The maximum atomic E-state index is 12.2. The van der Waals surface area contributed by atoms with Crippen LogP contribution in [0, 0.1) is 6.92 Å². The van der Waals surface area contributed by atoms with Gasteiger partial charge in [-0.3, -0.25) is 14.4 Å². The zero-order valence-corrected chi connectivity index (χ0v) is 12.3. The molecule has 7 nitrogen and oxygen atoms in total. The van der Waals surface area contributed by atoms with Crippen molar-refractivity contribution in [1.29, 1.82) is 0 Å². The number of hydrogen-bond acceptors (Lipinski definition) is 4. The quantitative estimate of drug-likeness (QED) is 0.748. The number of carbonyl (C=O) groups excluding carboxylic acids is 1. The van der Waals surface area contributed by atoms with E-state index >= 15 is 0 Å². The molecule has 0 bridgehead atoms. The lowest BCUT2D eigenvalue weighted by Crippen LogP contribution is -2.46. The van der Waals surface area contributed by atoms with E-state index in [2.05, 4.69) is 15.3 Å². The number of aromatic amines is 1. The molecule has 0 spiro atoms. The van der Waals surface area contributed by atoms with E-state index in [0.29, 0.717) is 11.5 Å².